The van der Waals surface area contributed by atoms with Crippen molar-refractivity contribution in [2.24, 2.45) is 0 Å². The Morgan fingerprint density at radius 2 is 2.53 bits per heavy atom. The van der Waals surface area contributed by atoms with Gasteiger partial charge in [0.15, 0.2) is 0 Å². The molecule has 2 aliphatic heterocycles. The molecule has 1 fully saturated rings. The summed E-state index contributed by atoms with van der Waals surface area (Å²) in [5.74, 6) is 0. The van der Waals surface area contributed by atoms with Crippen molar-refractivity contribution in [2.75, 3.05) is 30.4 Å². The minimum Gasteiger partial charge on any atom is -0.380 e. The van der Waals surface area contributed by atoms with Gasteiger partial charge in [-0.3, -0.25) is 4.98 Å². The molecule has 80 valence electrons. The van der Waals surface area contributed by atoms with Crippen LogP contribution in [0.2, 0.25) is 0 Å². The van der Waals surface area contributed by atoms with Crippen LogP contribution in [0.25, 0.3) is 0 Å². The van der Waals surface area contributed by atoms with Gasteiger partial charge in [0.2, 0.25) is 0 Å². The number of anilines is 2. The first-order chi connectivity index (χ1) is 7.38. The van der Waals surface area contributed by atoms with E-state index in [1.165, 1.54) is 5.69 Å². The number of nitrogens with one attached hydrogen (secondary N) is 1. The highest BCUT2D eigenvalue weighted by atomic mass is 16.5. The molecule has 0 aromatic carbocycles. The molecular weight excluding hydrogens is 190 g/mol. The molecule has 0 spiro atoms. The molecule has 0 radical (unpaired) electrons. The van der Waals surface area contributed by atoms with E-state index in [-0.39, 0.29) is 0 Å². The van der Waals surface area contributed by atoms with Crippen molar-refractivity contribution in [3.8, 4) is 0 Å². The Morgan fingerprint density at radius 3 is 3.40 bits per heavy atom. The minimum atomic E-state index is 0.371. The number of fused-ring (bicyclic) bond motifs is 3. The zero-order chi connectivity index (χ0) is 10.3. The maximum absolute atomic E-state index is 5.43. The van der Waals surface area contributed by atoms with Gasteiger partial charge in [-0.1, -0.05) is 0 Å². The summed E-state index contributed by atoms with van der Waals surface area (Å²) in [4.78, 5) is 6.56. The number of methoxy groups -OCH3 is 1. The average Bonchev–Trinajstić information content (AvgIpc) is 2.72. The van der Waals surface area contributed by atoms with Crippen molar-refractivity contribution in [1.82, 2.24) is 4.98 Å². The Hall–Kier alpha value is -1.29. The molecule has 3 rings (SSSR count). The smallest absolute Gasteiger partial charge is 0.0766 e. The summed E-state index contributed by atoms with van der Waals surface area (Å²) in [5, 5.41) is 3.42. The van der Waals surface area contributed by atoms with Gasteiger partial charge in [0.1, 0.15) is 0 Å². The van der Waals surface area contributed by atoms with E-state index in [0.717, 1.165) is 25.2 Å². The molecule has 4 heteroatoms. The Bertz CT molecular complexity index is 369. The fraction of sp³-hybridized carbons (Fsp3) is 0.545. The largest absolute Gasteiger partial charge is 0.380 e. The lowest BCUT2D eigenvalue weighted by atomic mass is 10.1. The van der Waals surface area contributed by atoms with E-state index < -0.39 is 0 Å². The Morgan fingerprint density at radius 1 is 1.60 bits per heavy atom. The molecule has 0 bridgehead atoms. The number of nitrogens with zero attached hydrogens (tertiary/aromatic N) is 2. The molecule has 0 aliphatic carbocycles. The molecule has 1 saturated heterocycles. The van der Waals surface area contributed by atoms with Gasteiger partial charge < -0.3 is 15.0 Å². The Kier molecular flexibility index (Phi) is 2.02. The molecule has 1 aromatic heterocycles. The van der Waals surface area contributed by atoms with Crippen LogP contribution in [-0.2, 0) is 4.74 Å². The zero-order valence-corrected chi connectivity index (χ0v) is 8.81. The molecule has 0 saturated carbocycles. The summed E-state index contributed by atoms with van der Waals surface area (Å²) in [6.45, 7) is 2.00. The van der Waals surface area contributed by atoms with Crippen LogP contribution in [0.4, 0.5) is 11.4 Å². The van der Waals surface area contributed by atoms with Crippen molar-refractivity contribution in [3.05, 3.63) is 18.5 Å². The van der Waals surface area contributed by atoms with Crippen molar-refractivity contribution in [1.29, 1.82) is 0 Å². The molecule has 2 aliphatic rings. The van der Waals surface area contributed by atoms with Gasteiger partial charge >= 0.3 is 0 Å². The summed E-state index contributed by atoms with van der Waals surface area (Å²) in [7, 11) is 1.80. The standard InChI is InChI=1S/C11H15N3O/c1-15-9-4-8-5-13-10-6-12-3-2-11(10)14(8)7-9/h2-3,6,8-9,13H,4-5,7H2,1H3. The second-order valence-corrected chi connectivity index (χ2v) is 4.17. The number of pyridine rings is 1. The molecule has 4 nitrogen and oxygen atoms in total. The van der Waals surface area contributed by atoms with E-state index in [2.05, 4.69) is 21.3 Å². The van der Waals surface area contributed by atoms with Gasteiger partial charge in [0.05, 0.1) is 23.7 Å². The van der Waals surface area contributed by atoms with Crippen molar-refractivity contribution < 1.29 is 4.74 Å². The number of hydrogen-bond acceptors (Lipinski definition) is 4. The molecule has 0 amide bonds. The second-order valence-electron chi connectivity index (χ2n) is 4.17. The molecule has 15 heavy (non-hydrogen) atoms. The van der Waals surface area contributed by atoms with Crippen LogP contribution in [0.3, 0.4) is 0 Å². The second kappa shape index (κ2) is 3.38. The van der Waals surface area contributed by atoms with Crippen LogP contribution in [0, 0.1) is 0 Å². The first-order valence-corrected chi connectivity index (χ1v) is 5.36. The van der Waals surface area contributed by atoms with Gasteiger partial charge in [0, 0.05) is 32.4 Å². The Balaban J connectivity index is 1.93. The summed E-state index contributed by atoms with van der Waals surface area (Å²) in [5.41, 5.74) is 2.41. The summed E-state index contributed by atoms with van der Waals surface area (Å²) < 4.78 is 5.43. The van der Waals surface area contributed by atoms with E-state index in [9.17, 15) is 0 Å². The lowest BCUT2D eigenvalue weighted by Gasteiger charge is -2.33. The summed E-state index contributed by atoms with van der Waals surface area (Å²) in [6, 6.07) is 2.65. The molecule has 2 atom stereocenters. The SMILES string of the molecule is COC1CC2CNc3cnccc3N2C1. The number of ether oxygens (including phenoxy) is 1. The molecule has 1 N–H and O–H groups in total. The third-order valence-corrected chi connectivity index (χ3v) is 3.35. The lowest BCUT2D eigenvalue weighted by Crippen LogP contribution is -2.39. The van der Waals surface area contributed by atoms with E-state index in [4.69, 9.17) is 4.74 Å². The van der Waals surface area contributed by atoms with Gasteiger partial charge in [-0.25, -0.2) is 0 Å². The lowest BCUT2D eigenvalue weighted by molar-refractivity contribution is 0.118. The van der Waals surface area contributed by atoms with Crippen molar-refractivity contribution >= 4 is 11.4 Å². The first kappa shape index (κ1) is 8.97. The predicted molar refractivity (Wildman–Crippen MR) is 59.3 cm³/mol. The zero-order valence-electron chi connectivity index (χ0n) is 8.81. The van der Waals surface area contributed by atoms with Crippen LogP contribution < -0.4 is 10.2 Å². The highest BCUT2D eigenvalue weighted by Crippen LogP contribution is 2.35. The maximum Gasteiger partial charge on any atom is 0.0766 e. The quantitative estimate of drug-likeness (QED) is 0.745. The summed E-state index contributed by atoms with van der Waals surface area (Å²) in [6.07, 6.45) is 5.23. The van der Waals surface area contributed by atoms with E-state index in [1.807, 2.05) is 12.4 Å². The van der Waals surface area contributed by atoms with Crippen LogP contribution in [0.5, 0.6) is 0 Å². The molecular formula is C11H15N3O. The third kappa shape index (κ3) is 1.36. The van der Waals surface area contributed by atoms with Crippen LogP contribution in [0.1, 0.15) is 6.42 Å². The fourth-order valence-corrected chi connectivity index (χ4v) is 2.53. The third-order valence-electron chi connectivity index (χ3n) is 3.35. The van der Waals surface area contributed by atoms with Gasteiger partial charge in [0.25, 0.3) is 0 Å². The average molecular weight is 205 g/mol. The van der Waals surface area contributed by atoms with E-state index in [1.54, 1.807) is 7.11 Å². The molecule has 1 aromatic rings. The topological polar surface area (TPSA) is 37.4 Å². The van der Waals surface area contributed by atoms with Crippen molar-refractivity contribution in [2.45, 2.75) is 18.6 Å². The van der Waals surface area contributed by atoms with E-state index >= 15 is 0 Å². The highest BCUT2D eigenvalue weighted by Gasteiger charge is 2.35. The Labute approximate surface area is 89.3 Å². The molecule has 3 heterocycles. The van der Waals surface area contributed by atoms with Crippen molar-refractivity contribution in [3.63, 3.8) is 0 Å². The number of rotatable bonds is 1. The maximum atomic E-state index is 5.43. The van der Waals surface area contributed by atoms with Gasteiger partial charge in [-0.15, -0.1) is 0 Å². The minimum absolute atomic E-state index is 0.371. The highest BCUT2D eigenvalue weighted by molar-refractivity contribution is 5.72. The number of hydrogen-bond donors (Lipinski definition) is 1. The fourth-order valence-electron chi connectivity index (χ4n) is 2.53. The van der Waals surface area contributed by atoms with Gasteiger partial charge in [-0.2, -0.15) is 0 Å². The first-order valence-electron chi connectivity index (χ1n) is 5.36. The monoisotopic (exact) mass is 205 g/mol. The number of aromatic nitrogens is 1. The summed E-state index contributed by atoms with van der Waals surface area (Å²) >= 11 is 0. The van der Waals surface area contributed by atoms with Gasteiger partial charge in [-0.05, 0) is 12.5 Å². The van der Waals surface area contributed by atoms with E-state index in [0.29, 0.717) is 12.1 Å². The normalized spacial score (nSPS) is 28.2. The van der Waals surface area contributed by atoms with Crippen LogP contribution in [-0.4, -0.2) is 37.3 Å². The molecule has 2 unspecified atom stereocenters. The predicted octanol–water partition coefficient (Wildman–Crippen LogP) is 1.10. The van der Waals surface area contributed by atoms with Crippen LogP contribution in [0.15, 0.2) is 18.5 Å². The van der Waals surface area contributed by atoms with Crippen LogP contribution >= 0.6 is 0 Å².